The second kappa shape index (κ2) is 7.05. The lowest BCUT2D eigenvalue weighted by molar-refractivity contribution is -0.125. The largest absolute Gasteiger partial charge is 0.465 e. The predicted octanol–water partition coefficient (Wildman–Crippen LogP) is 2.18. The van der Waals surface area contributed by atoms with Gasteiger partial charge in [0, 0.05) is 12.2 Å². The maximum absolute atomic E-state index is 12.4. The van der Waals surface area contributed by atoms with Crippen LogP contribution in [0.1, 0.15) is 37.0 Å². The number of hydrogen-bond donors (Lipinski definition) is 2. The number of amides is 1. The Hall–Kier alpha value is -1.88. The molecule has 0 unspecified atom stereocenters. The zero-order valence-electron chi connectivity index (χ0n) is 12.2. The maximum atomic E-state index is 12.4. The molecule has 5 heteroatoms. The summed E-state index contributed by atoms with van der Waals surface area (Å²) in [6, 6.07) is 6.66. The monoisotopic (exact) mass is 278 g/mol. The fourth-order valence-corrected chi connectivity index (χ4v) is 2.06. The van der Waals surface area contributed by atoms with Crippen LogP contribution in [-0.2, 0) is 9.53 Å². The number of methoxy groups -OCH3 is 1. The molecule has 1 amide bonds. The molecule has 0 heterocycles. The first-order valence-electron chi connectivity index (χ1n) is 6.73. The van der Waals surface area contributed by atoms with Crippen LogP contribution < -0.4 is 11.1 Å². The minimum Gasteiger partial charge on any atom is -0.465 e. The number of carbonyl (C=O) groups excluding carboxylic acids is 2. The van der Waals surface area contributed by atoms with Crippen LogP contribution in [0.25, 0.3) is 0 Å². The highest BCUT2D eigenvalue weighted by Crippen LogP contribution is 2.27. The van der Waals surface area contributed by atoms with E-state index in [0.717, 1.165) is 0 Å². The molecular formula is C15H22N2O3. The van der Waals surface area contributed by atoms with Crippen molar-refractivity contribution >= 4 is 17.6 Å². The fourth-order valence-electron chi connectivity index (χ4n) is 2.06. The summed E-state index contributed by atoms with van der Waals surface area (Å²) in [7, 11) is 1.32. The number of carbonyl (C=O) groups is 2. The van der Waals surface area contributed by atoms with E-state index >= 15 is 0 Å². The molecule has 3 N–H and O–H groups in total. The molecule has 20 heavy (non-hydrogen) atoms. The number of anilines is 1. The van der Waals surface area contributed by atoms with Gasteiger partial charge in [0.05, 0.1) is 18.1 Å². The van der Waals surface area contributed by atoms with Gasteiger partial charge in [-0.3, -0.25) is 4.79 Å². The zero-order chi connectivity index (χ0) is 15.2. The molecular weight excluding hydrogens is 256 g/mol. The minimum absolute atomic E-state index is 0.119. The molecule has 1 rings (SSSR count). The van der Waals surface area contributed by atoms with Crippen LogP contribution in [0.4, 0.5) is 5.69 Å². The first-order chi connectivity index (χ1) is 9.52. The Kier molecular flexibility index (Phi) is 5.70. The highest BCUT2D eigenvalue weighted by Gasteiger charge is 2.33. The van der Waals surface area contributed by atoms with E-state index < -0.39 is 11.4 Å². The lowest BCUT2D eigenvalue weighted by atomic mass is 9.81. The van der Waals surface area contributed by atoms with Gasteiger partial charge in [-0.2, -0.15) is 0 Å². The highest BCUT2D eigenvalue weighted by atomic mass is 16.5. The van der Waals surface area contributed by atoms with E-state index in [1.807, 2.05) is 13.8 Å². The smallest absolute Gasteiger partial charge is 0.337 e. The van der Waals surface area contributed by atoms with Gasteiger partial charge >= 0.3 is 5.97 Å². The van der Waals surface area contributed by atoms with Crippen molar-refractivity contribution in [3.8, 4) is 0 Å². The Bertz CT molecular complexity index is 473. The Labute approximate surface area is 119 Å². The normalized spacial score (nSPS) is 11.0. The van der Waals surface area contributed by atoms with Crippen LogP contribution in [-0.4, -0.2) is 25.5 Å². The Morgan fingerprint density at radius 2 is 1.95 bits per heavy atom. The first-order valence-corrected chi connectivity index (χ1v) is 6.73. The number of hydrogen-bond acceptors (Lipinski definition) is 4. The van der Waals surface area contributed by atoms with Crippen molar-refractivity contribution in [3.05, 3.63) is 29.8 Å². The van der Waals surface area contributed by atoms with Gasteiger partial charge in [-0.25, -0.2) is 4.79 Å². The number of ether oxygens (including phenoxy) is 1. The maximum Gasteiger partial charge on any atom is 0.337 e. The summed E-state index contributed by atoms with van der Waals surface area (Å²) < 4.78 is 4.66. The van der Waals surface area contributed by atoms with Crippen LogP contribution in [0.2, 0.25) is 0 Å². The molecule has 0 saturated carbocycles. The molecule has 0 atom stereocenters. The summed E-state index contributed by atoms with van der Waals surface area (Å²) >= 11 is 0. The van der Waals surface area contributed by atoms with Gasteiger partial charge in [0.15, 0.2) is 0 Å². The first kappa shape index (κ1) is 16.2. The van der Waals surface area contributed by atoms with Gasteiger partial charge in [-0.15, -0.1) is 0 Å². The number of nitrogens with one attached hydrogen (secondary N) is 1. The molecule has 0 aliphatic heterocycles. The average molecular weight is 278 g/mol. The predicted molar refractivity (Wildman–Crippen MR) is 78.5 cm³/mol. The van der Waals surface area contributed by atoms with Crippen molar-refractivity contribution < 1.29 is 14.3 Å². The molecule has 0 spiro atoms. The van der Waals surface area contributed by atoms with Crippen molar-refractivity contribution in [2.24, 2.45) is 11.1 Å². The van der Waals surface area contributed by atoms with Crippen molar-refractivity contribution in [2.75, 3.05) is 19.0 Å². The molecule has 0 bridgehead atoms. The lowest BCUT2D eigenvalue weighted by Gasteiger charge is -2.28. The summed E-state index contributed by atoms with van der Waals surface area (Å²) in [5.41, 5.74) is 6.15. The van der Waals surface area contributed by atoms with Crippen molar-refractivity contribution in [2.45, 2.75) is 26.7 Å². The molecule has 0 aliphatic rings. The number of esters is 1. The van der Waals surface area contributed by atoms with Crippen molar-refractivity contribution in [3.63, 3.8) is 0 Å². The van der Waals surface area contributed by atoms with Crippen molar-refractivity contribution in [1.29, 1.82) is 0 Å². The van der Waals surface area contributed by atoms with E-state index in [0.29, 0.717) is 30.6 Å². The van der Waals surface area contributed by atoms with Crippen molar-refractivity contribution in [1.82, 2.24) is 0 Å². The Morgan fingerprint density at radius 3 is 2.45 bits per heavy atom. The average Bonchev–Trinajstić information content (AvgIpc) is 2.49. The minimum atomic E-state index is -0.568. The van der Waals surface area contributed by atoms with Crippen LogP contribution in [0.15, 0.2) is 24.3 Å². The standard InChI is InChI=1S/C15H22N2O3/c1-4-15(5-2,10-16)14(19)17-12-8-6-7-11(9-12)13(18)20-3/h6-9H,4-5,10,16H2,1-3H3,(H,17,19). The van der Waals surface area contributed by atoms with E-state index in [1.54, 1.807) is 24.3 Å². The SMILES string of the molecule is CCC(CC)(CN)C(=O)Nc1cccc(C(=O)OC)c1. The summed E-state index contributed by atoms with van der Waals surface area (Å²) in [4.78, 5) is 23.8. The number of rotatable bonds is 6. The van der Waals surface area contributed by atoms with E-state index in [-0.39, 0.29) is 5.91 Å². The lowest BCUT2D eigenvalue weighted by Crippen LogP contribution is -2.41. The highest BCUT2D eigenvalue weighted by molar-refractivity contribution is 5.97. The summed E-state index contributed by atoms with van der Waals surface area (Å²) in [5.74, 6) is -0.552. The number of benzene rings is 1. The molecule has 0 radical (unpaired) electrons. The topological polar surface area (TPSA) is 81.4 Å². The van der Waals surface area contributed by atoms with Gasteiger partial charge in [-0.1, -0.05) is 19.9 Å². The van der Waals surface area contributed by atoms with Gasteiger partial charge < -0.3 is 15.8 Å². The van der Waals surface area contributed by atoms with Crippen LogP contribution in [0, 0.1) is 5.41 Å². The van der Waals surface area contributed by atoms with E-state index in [1.165, 1.54) is 7.11 Å². The van der Waals surface area contributed by atoms with E-state index in [2.05, 4.69) is 10.1 Å². The quantitative estimate of drug-likeness (QED) is 0.781. The zero-order valence-corrected chi connectivity index (χ0v) is 12.2. The molecule has 0 fully saturated rings. The van der Waals surface area contributed by atoms with Gasteiger partial charge in [0.2, 0.25) is 5.91 Å². The van der Waals surface area contributed by atoms with Gasteiger partial charge in [0.25, 0.3) is 0 Å². The summed E-state index contributed by atoms with van der Waals surface area (Å²) in [6.07, 6.45) is 1.34. The second-order valence-electron chi connectivity index (χ2n) is 4.72. The second-order valence-corrected chi connectivity index (χ2v) is 4.72. The third-order valence-electron chi connectivity index (χ3n) is 3.77. The number of nitrogens with two attached hydrogens (primary N) is 1. The van der Waals surface area contributed by atoms with Crippen LogP contribution in [0.5, 0.6) is 0 Å². The molecule has 1 aromatic carbocycles. The summed E-state index contributed by atoms with van der Waals surface area (Å²) in [5, 5.41) is 2.83. The van der Waals surface area contributed by atoms with Gasteiger partial charge in [-0.05, 0) is 31.0 Å². The van der Waals surface area contributed by atoms with Gasteiger partial charge in [0.1, 0.15) is 0 Å². The molecule has 0 saturated heterocycles. The molecule has 0 aliphatic carbocycles. The van der Waals surface area contributed by atoms with E-state index in [4.69, 9.17) is 5.73 Å². The summed E-state index contributed by atoms with van der Waals surface area (Å²) in [6.45, 7) is 4.18. The molecule has 5 nitrogen and oxygen atoms in total. The molecule has 1 aromatic rings. The molecule has 110 valence electrons. The molecule has 0 aromatic heterocycles. The third-order valence-corrected chi connectivity index (χ3v) is 3.77. The van der Waals surface area contributed by atoms with Crippen LogP contribution in [0.3, 0.4) is 0 Å². The third kappa shape index (κ3) is 3.36. The fraction of sp³-hybridized carbons (Fsp3) is 0.467. The van der Waals surface area contributed by atoms with Crippen LogP contribution >= 0.6 is 0 Å². The Morgan fingerprint density at radius 1 is 1.30 bits per heavy atom. The van der Waals surface area contributed by atoms with E-state index in [9.17, 15) is 9.59 Å². The Balaban J connectivity index is 2.93.